The van der Waals surface area contributed by atoms with Crippen LogP contribution in [0.25, 0.3) is 0 Å². The van der Waals surface area contributed by atoms with Gasteiger partial charge in [0.1, 0.15) is 0 Å². The molecule has 0 aromatic rings. The molecule has 1 N–H and O–H groups in total. The lowest BCUT2D eigenvalue weighted by Gasteiger charge is -2.27. The third kappa shape index (κ3) is 3.53. The second-order valence-electron chi connectivity index (χ2n) is 4.51. The number of rotatable bonds is 5. The Morgan fingerprint density at radius 3 is 2.47 bits per heavy atom. The summed E-state index contributed by atoms with van der Waals surface area (Å²) in [6.07, 6.45) is 4.11. The van der Waals surface area contributed by atoms with E-state index in [2.05, 4.69) is 0 Å². The molecule has 0 heterocycles. The quantitative estimate of drug-likeness (QED) is 0.750. The molecule has 1 rings (SSSR count). The second kappa shape index (κ2) is 5.14. The van der Waals surface area contributed by atoms with Crippen LogP contribution in [0, 0.1) is 11.8 Å². The SMILES string of the molecule is CC(CN(C)C(=O)CC1CCC1)C(=O)O. The van der Waals surface area contributed by atoms with Gasteiger partial charge in [-0.25, -0.2) is 0 Å². The molecule has 4 nitrogen and oxygen atoms in total. The molecule has 0 aromatic carbocycles. The number of nitrogens with zero attached hydrogens (tertiary/aromatic N) is 1. The molecule has 1 saturated carbocycles. The Bertz CT molecular complexity index is 248. The summed E-state index contributed by atoms with van der Waals surface area (Å²) in [5.74, 6) is -0.716. The summed E-state index contributed by atoms with van der Waals surface area (Å²) in [5.41, 5.74) is 0. The molecule has 0 radical (unpaired) electrons. The highest BCUT2D eigenvalue weighted by Crippen LogP contribution is 2.29. The van der Waals surface area contributed by atoms with E-state index < -0.39 is 11.9 Å². The van der Waals surface area contributed by atoms with Crippen LogP contribution in [0.4, 0.5) is 0 Å². The maximum atomic E-state index is 11.6. The van der Waals surface area contributed by atoms with Crippen LogP contribution < -0.4 is 0 Å². The van der Waals surface area contributed by atoms with E-state index in [1.165, 1.54) is 11.3 Å². The van der Waals surface area contributed by atoms with Gasteiger partial charge in [0.15, 0.2) is 0 Å². The minimum atomic E-state index is -0.849. The van der Waals surface area contributed by atoms with Gasteiger partial charge in [-0.2, -0.15) is 0 Å². The van der Waals surface area contributed by atoms with E-state index in [-0.39, 0.29) is 5.91 Å². The van der Waals surface area contributed by atoms with Crippen molar-refractivity contribution in [2.75, 3.05) is 13.6 Å². The third-order valence-corrected chi connectivity index (χ3v) is 3.08. The van der Waals surface area contributed by atoms with Gasteiger partial charge >= 0.3 is 5.97 Å². The minimum Gasteiger partial charge on any atom is -0.481 e. The summed E-state index contributed by atoms with van der Waals surface area (Å²) in [6, 6.07) is 0. The molecular formula is C11H19NO3. The maximum Gasteiger partial charge on any atom is 0.308 e. The van der Waals surface area contributed by atoms with E-state index in [9.17, 15) is 9.59 Å². The Morgan fingerprint density at radius 1 is 1.47 bits per heavy atom. The minimum absolute atomic E-state index is 0.0767. The normalized spacial score (nSPS) is 18.0. The van der Waals surface area contributed by atoms with Gasteiger partial charge in [-0.3, -0.25) is 9.59 Å². The van der Waals surface area contributed by atoms with E-state index in [0.717, 1.165) is 12.8 Å². The summed E-state index contributed by atoms with van der Waals surface area (Å²) in [4.78, 5) is 23.8. The molecule has 15 heavy (non-hydrogen) atoms. The van der Waals surface area contributed by atoms with Gasteiger partial charge in [0.25, 0.3) is 0 Å². The maximum absolute atomic E-state index is 11.6. The largest absolute Gasteiger partial charge is 0.481 e. The number of carbonyl (C=O) groups is 2. The smallest absolute Gasteiger partial charge is 0.308 e. The van der Waals surface area contributed by atoms with Gasteiger partial charge in [-0.15, -0.1) is 0 Å². The predicted molar refractivity (Wildman–Crippen MR) is 56.4 cm³/mol. The van der Waals surface area contributed by atoms with Crippen molar-refractivity contribution in [3.8, 4) is 0 Å². The molecule has 1 fully saturated rings. The van der Waals surface area contributed by atoms with Crippen molar-refractivity contribution in [1.29, 1.82) is 0 Å². The van der Waals surface area contributed by atoms with Crippen molar-refractivity contribution < 1.29 is 14.7 Å². The van der Waals surface area contributed by atoms with Crippen LogP contribution in [0.3, 0.4) is 0 Å². The van der Waals surface area contributed by atoms with Gasteiger partial charge in [0.2, 0.25) is 5.91 Å². The number of hydrogen-bond acceptors (Lipinski definition) is 2. The van der Waals surface area contributed by atoms with Crippen LogP contribution in [0.15, 0.2) is 0 Å². The first kappa shape index (κ1) is 12.0. The number of carbonyl (C=O) groups excluding carboxylic acids is 1. The lowest BCUT2D eigenvalue weighted by atomic mass is 9.82. The average Bonchev–Trinajstić information content (AvgIpc) is 2.10. The summed E-state index contributed by atoms with van der Waals surface area (Å²) in [7, 11) is 1.68. The van der Waals surface area contributed by atoms with E-state index in [1.807, 2.05) is 0 Å². The van der Waals surface area contributed by atoms with Gasteiger partial charge in [-0.1, -0.05) is 13.3 Å². The lowest BCUT2D eigenvalue weighted by molar-refractivity contribution is -0.142. The Labute approximate surface area is 90.3 Å². The molecule has 0 spiro atoms. The molecule has 86 valence electrons. The number of amides is 1. The zero-order chi connectivity index (χ0) is 11.4. The molecule has 4 heteroatoms. The Morgan fingerprint density at radius 2 is 2.07 bits per heavy atom. The number of aliphatic carboxylic acids is 1. The Balaban J connectivity index is 2.28. The van der Waals surface area contributed by atoms with Gasteiger partial charge in [0.05, 0.1) is 5.92 Å². The van der Waals surface area contributed by atoms with Crippen LogP contribution in [0.5, 0.6) is 0 Å². The first-order valence-electron chi connectivity index (χ1n) is 5.47. The lowest BCUT2D eigenvalue weighted by Crippen LogP contribution is -2.35. The predicted octanol–water partition coefficient (Wildman–Crippen LogP) is 1.36. The molecule has 0 aromatic heterocycles. The molecule has 0 saturated heterocycles. The van der Waals surface area contributed by atoms with Crippen molar-refractivity contribution in [3.63, 3.8) is 0 Å². The highest BCUT2D eigenvalue weighted by Gasteiger charge is 2.23. The average molecular weight is 213 g/mol. The topological polar surface area (TPSA) is 57.6 Å². The van der Waals surface area contributed by atoms with Gasteiger partial charge in [-0.05, 0) is 18.8 Å². The van der Waals surface area contributed by atoms with Crippen molar-refractivity contribution in [2.24, 2.45) is 11.8 Å². The highest BCUT2D eigenvalue weighted by atomic mass is 16.4. The fraction of sp³-hybridized carbons (Fsp3) is 0.818. The summed E-state index contributed by atoms with van der Waals surface area (Å²) >= 11 is 0. The standard InChI is InChI=1S/C11H19NO3/c1-8(11(14)15)7-12(2)10(13)6-9-4-3-5-9/h8-9H,3-7H2,1-2H3,(H,14,15). The van der Waals surface area contributed by atoms with E-state index in [0.29, 0.717) is 18.9 Å². The van der Waals surface area contributed by atoms with Crippen molar-refractivity contribution >= 4 is 11.9 Å². The fourth-order valence-electron chi connectivity index (χ4n) is 1.69. The monoisotopic (exact) mass is 213 g/mol. The molecule has 0 bridgehead atoms. The molecule has 1 unspecified atom stereocenters. The molecule has 1 amide bonds. The number of carboxylic acid groups (broad SMARTS) is 1. The van der Waals surface area contributed by atoms with Gasteiger partial charge in [0, 0.05) is 20.0 Å². The van der Waals surface area contributed by atoms with E-state index >= 15 is 0 Å². The first-order chi connectivity index (χ1) is 7.00. The van der Waals surface area contributed by atoms with E-state index in [4.69, 9.17) is 5.11 Å². The summed E-state index contributed by atoms with van der Waals surface area (Å²) < 4.78 is 0. The number of hydrogen-bond donors (Lipinski definition) is 1. The van der Waals surface area contributed by atoms with Crippen LogP contribution in [-0.2, 0) is 9.59 Å². The van der Waals surface area contributed by atoms with Crippen LogP contribution in [0.2, 0.25) is 0 Å². The van der Waals surface area contributed by atoms with Crippen molar-refractivity contribution in [3.05, 3.63) is 0 Å². The van der Waals surface area contributed by atoms with Crippen LogP contribution in [-0.4, -0.2) is 35.5 Å². The molecular weight excluding hydrogens is 194 g/mol. The molecule has 1 atom stereocenters. The Hall–Kier alpha value is -1.06. The number of carboxylic acids is 1. The third-order valence-electron chi connectivity index (χ3n) is 3.08. The zero-order valence-corrected chi connectivity index (χ0v) is 9.40. The first-order valence-corrected chi connectivity index (χ1v) is 5.47. The molecule has 1 aliphatic rings. The zero-order valence-electron chi connectivity index (χ0n) is 9.40. The fourth-order valence-corrected chi connectivity index (χ4v) is 1.69. The van der Waals surface area contributed by atoms with Crippen molar-refractivity contribution in [1.82, 2.24) is 4.90 Å². The van der Waals surface area contributed by atoms with Gasteiger partial charge < -0.3 is 10.0 Å². The van der Waals surface area contributed by atoms with E-state index in [1.54, 1.807) is 14.0 Å². The summed E-state index contributed by atoms with van der Waals surface area (Å²) in [5, 5.41) is 8.71. The van der Waals surface area contributed by atoms with Crippen LogP contribution >= 0.6 is 0 Å². The molecule has 1 aliphatic carbocycles. The second-order valence-corrected chi connectivity index (χ2v) is 4.51. The Kier molecular flexibility index (Phi) is 4.12. The molecule has 0 aliphatic heterocycles. The van der Waals surface area contributed by atoms with Crippen molar-refractivity contribution in [2.45, 2.75) is 32.6 Å². The van der Waals surface area contributed by atoms with Crippen LogP contribution in [0.1, 0.15) is 32.6 Å². The highest BCUT2D eigenvalue weighted by molar-refractivity contribution is 5.77. The summed E-state index contributed by atoms with van der Waals surface area (Å²) in [6.45, 7) is 1.93.